The van der Waals surface area contributed by atoms with Gasteiger partial charge < -0.3 is 10.1 Å². The maximum absolute atomic E-state index is 12.0. The summed E-state index contributed by atoms with van der Waals surface area (Å²) in [4.78, 5) is 22.5. The lowest BCUT2D eigenvalue weighted by Crippen LogP contribution is -2.20. The summed E-state index contributed by atoms with van der Waals surface area (Å²) >= 11 is 3.40. The molecular formula is C23H16BrN3O4. The molecule has 31 heavy (non-hydrogen) atoms. The molecule has 3 aromatic rings. The van der Waals surface area contributed by atoms with Gasteiger partial charge in [-0.05, 0) is 57.4 Å². The van der Waals surface area contributed by atoms with Crippen molar-refractivity contribution in [2.45, 2.75) is 0 Å². The Kier molecular flexibility index (Phi) is 7.14. The van der Waals surface area contributed by atoms with Gasteiger partial charge in [-0.1, -0.05) is 36.4 Å². The zero-order chi connectivity index (χ0) is 22.2. The maximum Gasteiger partial charge on any atom is 0.270 e. The molecule has 0 saturated heterocycles. The van der Waals surface area contributed by atoms with E-state index in [0.717, 1.165) is 0 Å². The van der Waals surface area contributed by atoms with Crippen LogP contribution in [0.25, 0.3) is 11.6 Å². The summed E-state index contributed by atoms with van der Waals surface area (Å²) in [5.41, 5.74) is 2.02. The van der Waals surface area contributed by atoms with E-state index in [1.165, 1.54) is 18.2 Å². The smallest absolute Gasteiger partial charge is 0.270 e. The topological polar surface area (TPSA) is 105 Å². The monoisotopic (exact) mass is 477 g/mol. The molecule has 3 rings (SSSR count). The van der Waals surface area contributed by atoms with E-state index >= 15 is 0 Å². The summed E-state index contributed by atoms with van der Waals surface area (Å²) in [5, 5.41) is 23.2. The summed E-state index contributed by atoms with van der Waals surface area (Å²) in [7, 11) is 0. The third kappa shape index (κ3) is 6.01. The molecule has 0 radical (unpaired) electrons. The molecule has 0 heterocycles. The standard InChI is InChI=1S/C23H16BrN3O4/c24-21-12-16(11-18(14-25)17-5-4-8-20(13-17)27(29)30)9-10-22(21)31-15-23(28)26-19-6-2-1-3-7-19/h1-13H,15H2,(H,26,28). The molecule has 1 amide bonds. The molecule has 0 aromatic heterocycles. The van der Waals surface area contributed by atoms with Crippen LogP contribution in [0.15, 0.2) is 77.3 Å². The third-order valence-electron chi connectivity index (χ3n) is 4.17. The Labute approximate surface area is 186 Å². The highest BCUT2D eigenvalue weighted by molar-refractivity contribution is 9.10. The number of carbonyl (C=O) groups excluding carboxylic acids is 1. The van der Waals surface area contributed by atoms with Gasteiger partial charge in [-0.25, -0.2) is 0 Å². The van der Waals surface area contributed by atoms with Gasteiger partial charge in [-0.15, -0.1) is 0 Å². The van der Waals surface area contributed by atoms with Crippen LogP contribution in [-0.2, 0) is 4.79 Å². The van der Waals surface area contributed by atoms with Crippen LogP contribution < -0.4 is 10.1 Å². The number of hydrogen-bond donors (Lipinski definition) is 1. The van der Waals surface area contributed by atoms with Crippen molar-refractivity contribution < 1.29 is 14.5 Å². The first-order valence-electron chi connectivity index (χ1n) is 9.10. The van der Waals surface area contributed by atoms with E-state index in [4.69, 9.17) is 4.74 Å². The van der Waals surface area contributed by atoms with Gasteiger partial charge in [0.25, 0.3) is 11.6 Å². The summed E-state index contributed by atoms with van der Waals surface area (Å²) in [6, 6.07) is 22.2. The van der Waals surface area contributed by atoms with Crippen molar-refractivity contribution in [1.82, 2.24) is 0 Å². The number of nitrogens with zero attached hydrogens (tertiary/aromatic N) is 2. The quantitative estimate of drug-likeness (QED) is 0.211. The predicted octanol–water partition coefficient (Wildman–Crippen LogP) is 5.44. The highest BCUT2D eigenvalue weighted by Gasteiger charge is 2.10. The first kappa shape index (κ1) is 21.7. The number of amides is 1. The van der Waals surface area contributed by atoms with E-state index in [9.17, 15) is 20.2 Å². The molecular weight excluding hydrogens is 462 g/mol. The minimum atomic E-state index is -0.505. The van der Waals surface area contributed by atoms with E-state index in [0.29, 0.717) is 27.0 Å². The van der Waals surface area contributed by atoms with Crippen LogP contribution in [0.4, 0.5) is 11.4 Å². The van der Waals surface area contributed by atoms with Crippen molar-refractivity contribution in [2.24, 2.45) is 0 Å². The molecule has 7 nitrogen and oxygen atoms in total. The van der Waals surface area contributed by atoms with Gasteiger partial charge in [0.15, 0.2) is 6.61 Å². The van der Waals surface area contributed by atoms with Gasteiger partial charge in [0, 0.05) is 17.8 Å². The van der Waals surface area contributed by atoms with Gasteiger partial charge in [-0.3, -0.25) is 14.9 Å². The molecule has 1 N–H and O–H groups in total. The summed E-state index contributed by atoms with van der Waals surface area (Å²) in [6.07, 6.45) is 1.62. The molecule has 3 aromatic carbocycles. The Morgan fingerprint density at radius 3 is 2.58 bits per heavy atom. The Morgan fingerprint density at radius 2 is 1.90 bits per heavy atom. The summed E-state index contributed by atoms with van der Waals surface area (Å²) in [6.45, 7) is -0.167. The van der Waals surface area contributed by atoms with E-state index in [1.807, 2.05) is 18.2 Å². The zero-order valence-corrected chi connectivity index (χ0v) is 17.7. The number of carbonyl (C=O) groups is 1. The van der Waals surface area contributed by atoms with Crippen LogP contribution in [0.2, 0.25) is 0 Å². The Hall–Kier alpha value is -3.96. The normalized spacial score (nSPS) is 10.8. The van der Waals surface area contributed by atoms with Crippen molar-refractivity contribution in [2.75, 3.05) is 11.9 Å². The number of nitro groups is 1. The average molecular weight is 478 g/mol. The minimum Gasteiger partial charge on any atom is -0.483 e. The number of nitro benzene ring substituents is 1. The van der Waals surface area contributed by atoms with Gasteiger partial charge in [0.1, 0.15) is 5.75 Å². The summed E-state index contributed by atoms with van der Waals surface area (Å²) in [5.74, 6) is 0.175. The number of anilines is 1. The highest BCUT2D eigenvalue weighted by atomic mass is 79.9. The van der Waals surface area contributed by atoms with Crippen LogP contribution in [0.3, 0.4) is 0 Å². The largest absolute Gasteiger partial charge is 0.483 e. The molecule has 0 fully saturated rings. The molecule has 0 aliphatic heterocycles. The maximum atomic E-state index is 12.0. The fourth-order valence-electron chi connectivity index (χ4n) is 2.72. The van der Waals surface area contributed by atoms with Gasteiger partial charge in [0.05, 0.1) is 21.0 Å². The van der Waals surface area contributed by atoms with E-state index < -0.39 is 4.92 Å². The van der Waals surface area contributed by atoms with Crippen molar-refractivity contribution in [3.8, 4) is 11.8 Å². The SMILES string of the molecule is N#CC(=Cc1ccc(OCC(=O)Nc2ccccc2)c(Br)c1)c1cccc([N+](=O)[O-])c1. The van der Waals surface area contributed by atoms with Crippen molar-refractivity contribution in [1.29, 1.82) is 5.26 Å². The van der Waals surface area contributed by atoms with E-state index in [2.05, 4.69) is 27.3 Å². The number of nitrogens with one attached hydrogen (secondary N) is 1. The first-order chi connectivity index (χ1) is 15.0. The van der Waals surface area contributed by atoms with Crippen LogP contribution in [0, 0.1) is 21.4 Å². The highest BCUT2D eigenvalue weighted by Crippen LogP contribution is 2.28. The third-order valence-corrected chi connectivity index (χ3v) is 4.79. The second-order valence-electron chi connectivity index (χ2n) is 6.37. The second-order valence-corrected chi connectivity index (χ2v) is 7.22. The lowest BCUT2D eigenvalue weighted by atomic mass is 10.0. The number of non-ortho nitro benzene ring substituents is 1. The molecule has 0 atom stereocenters. The molecule has 8 heteroatoms. The number of nitriles is 1. The number of rotatable bonds is 7. The molecule has 0 spiro atoms. The lowest BCUT2D eigenvalue weighted by molar-refractivity contribution is -0.384. The molecule has 0 aliphatic rings. The first-order valence-corrected chi connectivity index (χ1v) is 9.89. The number of halogens is 1. The van der Waals surface area contributed by atoms with Gasteiger partial charge in [-0.2, -0.15) is 5.26 Å². The fourth-order valence-corrected chi connectivity index (χ4v) is 3.23. The second kappa shape index (κ2) is 10.2. The molecule has 0 unspecified atom stereocenters. The van der Waals surface area contributed by atoms with Crippen molar-refractivity contribution in [3.63, 3.8) is 0 Å². The van der Waals surface area contributed by atoms with Crippen LogP contribution >= 0.6 is 15.9 Å². The van der Waals surface area contributed by atoms with Crippen LogP contribution in [0.1, 0.15) is 11.1 Å². The van der Waals surface area contributed by atoms with E-state index in [1.54, 1.807) is 42.5 Å². The Balaban J connectivity index is 1.71. The zero-order valence-electron chi connectivity index (χ0n) is 16.1. The van der Waals surface area contributed by atoms with Crippen molar-refractivity contribution >= 4 is 44.9 Å². The van der Waals surface area contributed by atoms with Gasteiger partial charge >= 0.3 is 0 Å². The summed E-state index contributed by atoms with van der Waals surface area (Å²) < 4.78 is 6.17. The predicted molar refractivity (Wildman–Crippen MR) is 121 cm³/mol. The Morgan fingerprint density at radius 1 is 1.13 bits per heavy atom. The lowest BCUT2D eigenvalue weighted by Gasteiger charge is -2.10. The number of ether oxygens (including phenoxy) is 1. The minimum absolute atomic E-state index is 0.0858. The number of allylic oxidation sites excluding steroid dienone is 1. The average Bonchev–Trinajstić information content (AvgIpc) is 2.77. The van der Waals surface area contributed by atoms with Crippen molar-refractivity contribution in [3.05, 3.63) is 98.5 Å². The molecule has 0 aliphatic carbocycles. The van der Waals surface area contributed by atoms with Crippen LogP contribution in [0.5, 0.6) is 5.75 Å². The molecule has 154 valence electrons. The molecule has 0 bridgehead atoms. The van der Waals surface area contributed by atoms with E-state index in [-0.39, 0.29) is 23.8 Å². The number of para-hydroxylation sites is 1. The van der Waals surface area contributed by atoms with Gasteiger partial charge in [0.2, 0.25) is 0 Å². The fraction of sp³-hybridized carbons (Fsp3) is 0.0435. The van der Waals surface area contributed by atoms with Crippen LogP contribution in [-0.4, -0.2) is 17.4 Å². The molecule has 0 saturated carbocycles. The number of benzene rings is 3. The number of hydrogen-bond acceptors (Lipinski definition) is 5. The Bertz CT molecular complexity index is 1190.